The Morgan fingerprint density at radius 2 is 2.25 bits per heavy atom. The number of benzene rings is 1. The molecule has 0 bridgehead atoms. The summed E-state index contributed by atoms with van der Waals surface area (Å²) in [5.41, 5.74) is 0.407. The first-order valence-corrected chi connectivity index (χ1v) is 6.84. The van der Waals surface area contributed by atoms with Gasteiger partial charge in [0.15, 0.2) is 11.2 Å². The van der Waals surface area contributed by atoms with E-state index < -0.39 is 6.10 Å². The normalized spacial score (nSPS) is 11.4. The van der Waals surface area contributed by atoms with Crippen LogP contribution in [0.2, 0.25) is 0 Å². The second-order valence-corrected chi connectivity index (χ2v) is 4.95. The van der Waals surface area contributed by atoms with E-state index in [1.165, 1.54) is 16.2 Å². The monoisotopic (exact) mass is 287 g/mol. The molecule has 1 amide bonds. The lowest BCUT2D eigenvalue weighted by Crippen LogP contribution is -2.38. The molecule has 0 aliphatic heterocycles. The molecule has 102 valence electrons. The van der Waals surface area contributed by atoms with Gasteiger partial charge in [-0.1, -0.05) is 12.1 Å². The van der Waals surface area contributed by atoms with E-state index in [1.807, 2.05) is 6.07 Å². The van der Waals surface area contributed by atoms with Crippen molar-refractivity contribution in [3.63, 3.8) is 0 Å². The van der Waals surface area contributed by atoms with Crippen LogP contribution in [-0.2, 0) is 4.79 Å². The Morgan fingerprint density at radius 1 is 1.50 bits per heavy atom. The van der Waals surface area contributed by atoms with Gasteiger partial charge in [0.2, 0.25) is 0 Å². The fourth-order valence-corrected chi connectivity index (χ4v) is 2.26. The molecular formula is C14H13N3O2S. The molecule has 0 aliphatic rings. The lowest BCUT2D eigenvalue weighted by atomic mass is 10.2. The maximum atomic E-state index is 12.2. The summed E-state index contributed by atoms with van der Waals surface area (Å²) in [6.07, 6.45) is 0.943. The molecule has 0 N–H and O–H groups in total. The van der Waals surface area contributed by atoms with Gasteiger partial charge in [0, 0.05) is 18.6 Å². The number of hydrogen-bond acceptors (Lipinski definition) is 5. The van der Waals surface area contributed by atoms with Gasteiger partial charge < -0.3 is 4.74 Å². The summed E-state index contributed by atoms with van der Waals surface area (Å²) in [7, 11) is 1.65. The molecule has 0 unspecified atom stereocenters. The van der Waals surface area contributed by atoms with Crippen molar-refractivity contribution in [2.75, 3.05) is 11.9 Å². The molecule has 1 aromatic carbocycles. The molecule has 0 radical (unpaired) electrons. The second kappa shape index (κ2) is 6.17. The van der Waals surface area contributed by atoms with Crippen molar-refractivity contribution < 1.29 is 9.53 Å². The van der Waals surface area contributed by atoms with Gasteiger partial charge in [0.25, 0.3) is 5.91 Å². The van der Waals surface area contributed by atoms with Crippen LogP contribution in [0.25, 0.3) is 0 Å². The highest BCUT2D eigenvalue weighted by molar-refractivity contribution is 7.13. The van der Waals surface area contributed by atoms with E-state index in [1.54, 1.807) is 49.8 Å². The van der Waals surface area contributed by atoms with E-state index in [4.69, 9.17) is 10.00 Å². The van der Waals surface area contributed by atoms with Gasteiger partial charge >= 0.3 is 0 Å². The van der Waals surface area contributed by atoms with Gasteiger partial charge in [-0.05, 0) is 19.1 Å². The van der Waals surface area contributed by atoms with Crippen LogP contribution in [0.3, 0.4) is 0 Å². The SMILES string of the molecule is C[C@@H](Oc1ccccc1C#N)C(=O)N(C)c1nccs1. The molecular weight excluding hydrogens is 274 g/mol. The minimum Gasteiger partial charge on any atom is -0.479 e. The highest BCUT2D eigenvalue weighted by Crippen LogP contribution is 2.21. The van der Waals surface area contributed by atoms with Crippen molar-refractivity contribution in [3.05, 3.63) is 41.4 Å². The zero-order valence-electron chi connectivity index (χ0n) is 11.1. The Balaban J connectivity index is 2.10. The van der Waals surface area contributed by atoms with E-state index in [2.05, 4.69) is 4.98 Å². The van der Waals surface area contributed by atoms with Crippen molar-refractivity contribution in [1.82, 2.24) is 4.98 Å². The zero-order chi connectivity index (χ0) is 14.5. The topological polar surface area (TPSA) is 66.2 Å². The van der Waals surface area contributed by atoms with Crippen molar-refractivity contribution in [3.8, 4) is 11.8 Å². The van der Waals surface area contributed by atoms with Gasteiger partial charge in [-0.15, -0.1) is 11.3 Å². The summed E-state index contributed by atoms with van der Waals surface area (Å²) < 4.78 is 5.58. The molecule has 2 rings (SSSR count). The number of hydrogen-bond donors (Lipinski definition) is 0. The maximum absolute atomic E-state index is 12.2. The lowest BCUT2D eigenvalue weighted by Gasteiger charge is -2.20. The van der Waals surface area contributed by atoms with Gasteiger partial charge in [-0.3, -0.25) is 9.69 Å². The number of para-hydroxylation sites is 1. The molecule has 0 saturated carbocycles. The van der Waals surface area contributed by atoms with Crippen molar-refractivity contribution in [2.45, 2.75) is 13.0 Å². The second-order valence-electron chi connectivity index (χ2n) is 4.08. The van der Waals surface area contributed by atoms with E-state index in [-0.39, 0.29) is 5.91 Å². The predicted octanol–water partition coefficient (Wildman–Crippen LogP) is 2.45. The first-order valence-electron chi connectivity index (χ1n) is 5.96. The van der Waals surface area contributed by atoms with Crippen LogP contribution in [-0.4, -0.2) is 24.0 Å². The average Bonchev–Trinajstić information content (AvgIpc) is 3.00. The molecule has 1 atom stereocenters. The minimum atomic E-state index is -0.696. The lowest BCUT2D eigenvalue weighted by molar-refractivity contribution is -0.124. The van der Waals surface area contributed by atoms with Crippen LogP contribution in [0, 0.1) is 11.3 Å². The third-order valence-electron chi connectivity index (χ3n) is 2.70. The summed E-state index contributed by atoms with van der Waals surface area (Å²) in [6, 6.07) is 8.87. The first-order chi connectivity index (χ1) is 9.63. The maximum Gasteiger partial charge on any atom is 0.269 e. The summed E-state index contributed by atoms with van der Waals surface area (Å²) in [4.78, 5) is 17.8. The van der Waals surface area contributed by atoms with E-state index in [9.17, 15) is 4.79 Å². The number of nitriles is 1. The van der Waals surface area contributed by atoms with E-state index >= 15 is 0 Å². The van der Waals surface area contributed by atoms with Crippen LogP contribution in [0.5, 0.6) is 5.75 Å². The fraction of sp³-hybridized carbons (Fsp3) is 0.214. The fourth-order valence-electron chi connectivity index (χ4n) is 1.65. The molecule has 0 fully saturated rings. The molecule has 0 aliphatic carbocycles. The Hall–Kier alpha value is -2.39. The molecule has 2 aromatic rings. The van der Waals surface area contributed by atoms with Crippen LogP contribution >= 0.6 is 11.3 Å². The minimum absolute atomic E-state index is 0.215. The van der Waals surface area contributed by atoms with Gasteiger partial charge in [0.05, 0.1) is 5.56 Å². The number of carbonyl (C=O) groups is 1. The molecule has 1 heterocycles. The highest BCUT2D eigenvalue weighted by atomic mass is 32.1. The summed E-state index contributed by atoms with van der Waals surface area (Å²) in [5, 5.41) is 11.4. The summed E-state index contributed by atoms with van der Waals surface area (Å²) in [6.45, 7) is 1.65. The quantitative estimate of drug-likeness (QED) is 0.866. The number of amides is 1. The number of nitrogens with zero attached hydrogens (tertiary/aromatic N) is 3. The Bertz CT molecular complexity index is 634. The summed E-state index contributed by atoms with van der Waals surface area (Å²) >= 11 is 1.38. The van der Waals surface area contributed by atoms with E-state index in [0.717, 1.165) is 0 Å². The first kappa shape index (κ1) is 14.0. The highest BCUT2D eigenvalue weighted by Gasteiger charge is 2.22. The molecule has 20 heavy (non-hydrogen) atoms. The third-order valence-corrected chi connectivity index (χ3v) is 3.54. The number of carbonyl (C=O) groups excluding carboxylic acids is 1. The van der Waals surface area contributed by atoms with Gasteiger partial charge in [-0.2, -0.15) is 5.26 Å². The number of aromatic nitrogens is 1. The molecule has 0 spiro atoms. The Kier molecular flexibility index (Phi) is 4.33. The standard InChI is InChI=1S/C14H13N3O2S/c1-10(13(18)17(2)14-16-7-8-20-14)19-12-6-4-3-5-11(12)9-15/h3-8,10H,1-2H3/t10-/m1/s1. The van der Waals surface area contributed by atoms with Crippen LogP contribution in [0.1, 0.15) is 12.5 Å². The van der Waals surface area contributed by atoms with Crippen LogP contribution in [0.15, 0.2) is 35.8 Å². The van der Waals surface area contributed by atoms with Crippen molar-refractivity contribution in [1.29, 1.82) is 5.26 Å². The Morgan fingerprint density at radius 3 is 2.90 bits per heavy atom. The van der Waals surface area contributed by atoms with Crippen molar-refractivity contribution in [2.24, 2.45) is 0 Å². The van der Waals surface area contributed by atoms with Crippen LogP contribution < -0.4 is 9.64 Å². The Labute approximate surface area is 121 Å². The van der Waals surface area contributed by atoms with Crippen molar-refractivity contribution >= 4 is 22.4 Å². The number of rotatable bonds is 4. The molecule has 5 nitrogen and oxygen atoms in total. The molecule has 1 aromatic heterocycles. The average molecular weight is 287 g/mol. The largest absolute Gasteiger partial charge is 0.479 e. The summed E-state index contributed by atoms with van der Waals surface area (Å²) in [5.74, 6) is 0.191. The number of ether oxygens (including phenoxy) is 1. The number of likely N-dealkylation sites (N-methyl/N-ethyl adjacent to an activating group) is 1. The predicted molar refractivity (Wildman–Crippen MR) is 76.8 cm³/mol. The molecule has 6 heteroatoms. The molecule has 0 saturated heterocycles. The smallest absolute Gasteiger partial charge is 0.269 e. The zero-order valence-corrected chi connectivity index (χ0v) is 11.9. The third kappa shape index (κ3) is 2.95. The van der Waals surface area contributed by atoms with Crippen LogP contribution in [0.4, 0.5) is 5.13 Å². The van der Waals surface area contributed by atoms with Gasteiger partial charge in [0.1, 0.15) is 11.8 Å². The van der Waals surface area contributed by atoms with E-state index in [0.29, 0.717) is 16.4 Å². The number of anilines is 1. The number of thiazole rings is 1. The van der Waals surface area contributed by atoms with Gasteiger partial charge in [-0.25, -0.2) is 4.98 Å².